The number of halogens is 6. The Bertz CT molecular complexity index is 1320. The molecule has 236 valence electrons. The van der Waals surface area contributed by atoms with E-state index in [1.807, 2.05) is 20.0 Å². The maximum atomic E-state index is 13.9. The molecule has 0 unspecified atom stereocenters. The van der Waals surface area contributed by atoms with Gasteiger partial charge in [-0.2, -0.15) is 13.2 Å². The molecule has 0 aliphatic carbocycles. The quantitative estimate of drug-likeness (QED) is 0.180. The van der Waals surface area contributed by atoms with Gasteiger partial charge in [-0.3, -0.25) is 4.79 Å². The number of carbonyl (C=O) groups is 1. The highest BCUT2D eigenvalue weighted by Gasteiger charge is 2.30. The van der Waals surface area contributed by atoms with Crippen LogP contribution in [0.25, 0.3) is 0 Å². The monoisotopic (exact) mass is 627 g/mol. The van der Waals surface area contributed by atoms with E-state index in [0.717, 1.165) is 60.8 Å². The molecule has 5 nitrogen and oxygen atoms in total. The smallest absolute Gasteiger partial charge is 0.390 e. The number of hydrogen-bond acceptors (Lipinski definition) is 4. The molecule has 0 saturated carbocycles. The summed E-state index contributed by atoms with van der Waals surface area (Å²) in [5.41, 5.74) is 2.03. The molecule has 0 heterocycles. The van der Waals surface area contributed by atoms with Crippen LogP contribution in [-0.2, 0) is 25.7 Å². The van der Waals surface area contributed by atoms with Gasteiger partial charge in [-0.25, -0.2) is 8.78 Å². The third-order valence-electron chi connectivity index (χ3n) is 6.84. The highest BCUT2D eigenvalue weighted by molar-refractivity contribution is 5.94. The Hall–Kier alpha value is -3.05. The minimum absolute atomic E-state index is 0. The molecule has 0 spiro atoms. The fourth-order valence-corrected chi connectivity index (χ4v) is 4.79. The van der Waals surface area contributed by atoms with Crippen LogP contribution in [0, 0.1) is 18.6 Å². The topological polar surface area (TPSA) is 64.6 Å². The van der Waals surface area contributed by atoms with Crippen LogP contribution in [0.4, 0.5) is 22.0 Å². The van der Waals surface area contributed by atoms with Gasteiger partial charge in [0.2, 0.25) is 0 Å². The summed E-state index contributed by atoms with van der Waals surface area (Å²) in [6.07, 6.45) is -3.66. The SMILES string of the molecule is CCCCN(C)Cc1cc(C)cc(C(=O)N[C@@H](Cc2cc(F)cc(F)c2)[C@H](O)CNCc2cccc(C(F)(F)F)c2)c1.Cl. The first-order chi connectivity index (χ1) is 19.8. The van der Waals surface area contributed by atoms with E-state index in [1.54, 1.807) is 12.1 Å². The molecule has 2 atom stereocenters. The summed E-state index contributed by atoms with van der Waals surface area (Å²) in [5, 5.41) is 16.7. The Morgan fingerprint density at radius 3 is 2.33 bits per heavy atom. The van der Waals surface area contributed by atoms with Crippen LogP contribution in [0.15, 0.2) is 60.7 Å². The number of amides is 1. The summed E-state index contributed by atoms with van der Waals surface area (Å²) >= 11 is 0. The molecule has 1 amide bonds. The van der Waals surface area contributed by atoms with Gasteiger partial charge < -0.3 is 20.6 Å². The average molecular weight is 628 g/mol. The van der Waals surface area contributed by atoms with Crippen LogP contribution in [0.5, 0.6) is 0 Å². The lowest BCUT2D eigenvalue weighted by atomic mass is 9.99. The van der Waals surface area contributed by atoms with Crippen molar-refractivity contribution in [2.75, 3.05) is 20.1 Å². The van der Waals surface area contributed by atoms with Gasteiger partial charge in [-0.1, -0.05) is 43.2 Å². The molecular weight excluding hydrogens is 589 g/mol. The fraction of sp³-hybridized carbons (Fsp3) is 0.406. The molecule has 3 aromatic rings. The van der Waals surface area contributed by atoms with Gasteiger partial charge in [-0.05, 0) is 80.4 Å². The summed E-state index contributed by atoms with van der Waals surface area (Å²) < 4.78 is 67.0. The molecule has 3 rings (SSSR count). The molecule has 0 aromatic heterocycles. The van der Waals surface area contributed by atoms with Crippen LogP contribution in [-0.4, -0.2) is 48.2 Å². The number of aryl methyl sites for hydroxylation is 1. The predicted molar refractivity (Wildman–Crippen MR) is 160 cm³/mol. The van der Waals surface area contributed by atoms with Crippen molar-refractivity contribution in [1.82, 2.24) is 15.5 Å². The molecule has 11 heteroatoms. The van der Waals surface area contributed by atoms with Gasteiger partial charge in [0.05, 0.1) is 17.7 Å². The first kappa shape index (κ1) is 36.1. The number of aliphatic hydroxyl groups is 1. The van der Waals surface area contributed by atoms with Crippen LogP contribution < -0.4 is 10.6 Å². The summed E-state index contributed by atoms with van der Waals surface area (Å²) in [6, 6.07) is 12.4. The number of nitrogens with zero attached hydrogens (tertiary/aromatic N) is 1. The third-order valence-corrected chi connectivity index (χ3v) is 6.84. The van der Waals surface area contributed by atoms with E-state index in [2.05, 4.69) is 22.5 Å². The summed E-state index contributed by atoms with van der Waals surface area (Å²) in [4.78, 5) is 15.5. The Balaban J connectivity index is 0.00000645. The second-order valence-corrected chi connectivity index (χ2v) is 10.8. The van der Waals surface area contributed by atoms with E-state index in [1.165, 1.54) is 12.1 Å². The van der Waals surface area contributed by atoms with Crippen LogP contribution >= 0.6 is 12.4 Å². The number of unbranched alkanes of at least 4 members (excludes halogenated alkanes) is 1. The molecule has 43 heavy (non-hydrogen) atoms. The summed E-state index contributed by atoms with van der Waals surface area (Å²) in [6.45, 7) is 5.50. The fourth-order valence-electron chi connectivity index (χ4n) is 4.79. The van der Waals surface area contributed by atoms with Gasteiger partial charge >= 0.3 is 6.18 Å². The Labute approximate surface area is 255 Å². The third kappa shape index (κ3) is 11.9. The van der Waals surface area contributed by atoms with Crippen molar-refractivity contribution in [3.05, 3.63) is 106 Å². The lowest BCUT2D eigenvalue weighted by Crippen LogP contribution is -2.48. The van der Waals surface area contributed by atoms with Crippen molar-refractivity contribution in [2.24, 2.45) is 0 Å². The minimum atomic E-state index is -4.48. The highest BCUT2D eigenvalue weighted by atomic mass is 35.5. The Kier molecular flexibility index (Phi) is 14.0. The zero-order valence-electron chi connectivity index (χ0n) is 24.5. The molecule has 0 fully saturated rings. The number of hydrogen-bond donors (Lipinski definition) is 3. The maximum Gasteiger partial charge on any atom is 0.416 e. The first-order valence-electron chi connectivity index (χ1n) is 13.9. The zero-order chi connectivity index (χ0) is 30.9. The van der Waals surface area contributed by atoms with Gasteiger partial charge in [0.15, 0.2) is 0 Å². The van der Waals surface area contributed by atoms with E-state index in [9.17, 15) is 31.9 Å². The van der Waals surface area contributed by atoms with E-state index in [-0.39, 0.29) is 37.5 Å². The van der Waals surface area contributed by atoms with Crippen molar-refractivity contribution in [3.8, 4) is 0 Å². The molecular formula is C32H39ClF5N3O2. The van der Waals surface area contributed by atoms with Crippen molar-refractivity contribution >= 4 is 18.3 Å². The molecule has 0 saturated heterocycles. The minimum Gasteiger partial charge on any atom is -0.390 e. The number of nitrogens with one attached hydrogen (secondary N) is 2. The van der Waals surface area contributed by atoms with Crippen molar-refractivity contribution in [2.45, 2.75) is 64.5 Å². The summed E-state index contributed by atoms with van der Waals surface area (Å²) in [7, 11) is 2.01. The lowest BCUT2D eigenvalue weighted by molar-refractivity contribution is -0.137. The van der Waals surface area contributed by atoms with E-state index in [0.29, 0.717) is 17.7 Å². The van der Waals surface area contributed by atoms with Gasteiger partial charge in [0.1, 0.15) is 11.6 Å². The molecule has 3 aromatic carbocycles. The first-order valence-corrected chi connectivity index (χ1v) is 13.9. The van der Waals surface area contributed by atoms with E-state index in [4.69, 9.17) is 0 Å². The number of carbonyl (C=O) groups excluding carboxylic acids is 1. The largest absolute Gasteiger partial charge is 0.416 e. The van der Waals surface area contributed by atoms with Crippen LogP contribution in [0.2, 0.25) is 0 Å². The number of benzene rings is 3. The number of aliphatic hydroxyl groups excluding tert-OH is 1. The van der Waals surface area contributed by atoms with Gasteiger partial charge in [-0.15, -0.1) is 12.4 Å². The molecule has 0 aliphatic heterocycles. The molecule has 0 aliphatic rings. The number of rotatable bonds is 14. The highest BCUT2D eigenvalue weighted by Crippen LogP contribution is 2.29. The lowest BCUT2D eigenvalue weighted by Gasteiger charge is -2.25. The molecule has 0 bridgehead atoms. The van der Waals surface area contributed by atoms with Crippen LogP contribution in [0.1, 0.15) is 57.9 Å². The van der Waals surface area contributed by atoms with Gasteiger partial charge in [0.25, 0.3) is 5.91 Å². The Morgan fingerprint density at radius 2 is 1.67 bits per heavy atom. The predicted octanol–water partition coefficient (Wildman–Crippen LogP) is 6.44. The second kappa shape index (κ2) is 16.7. The maximum absolute atomic E-state index is 13.9. The van der Waals surface area contributed by atoms with Crippen molar-refractivity contribution < 1.29 is 31.9 Å². The average Bonchev–Trinajstić information content (AvgIpc) is 2.90. The van der Waals surface area contributed by atoms with E-state index < -0.39 is 41.4 Å². The van der Waals surface area contributed by atoms with E-state index >= 15 is 0 Å². The summed E-state index contributed by atoms with van der Waals surface area (Å²) in [5.74, 6) is -2.04. The normalized spacial score (nSPS) is 13.0. The van der Waals surface area contributed by atoms with Gasteiger partial charge in [0, 0.05) is 31.3 Å². The molecule has 3 N–H and O–H groups in total. The Morgan fingerprint density at radius 1 is 0.977 bits per heavy atom. The van der Waals surface area contributed by atoms with Crippen molar-refractivity contribution in [3.63, 3.8) is 0 Å². The molecule has 0 radical (unpaired) electrons. The van der Waals surface area contributed by atoms with Crippen molar-refractivity contribution in [1.29, 1.82) is 0 Å². The van der Waals surface area contributed by atoms with Crippen LogP contribution in [0.3, 0.4) is 0 Å². The zero-order valence-corrected chi connectivity index (χ0v) is 25.3. The number of alkyl halides is 3. The standard InChI is InChI=1S/C32H38F5N3O2.ClH/c1-4-5-9-40(3)20-24-10-21(2)11-25(12-24)31(42)39-29(16-23-14-27(33)17-28(34)15-23)30(41)19-38-18-22-7-6-8-26(13-22)32(35,36)37;/h6-8,10-15,17,29-30,38,41H,4-5,9,16,18-20H2,1-3H3,(H,39,42);1H/t29-,30+;/m0./s1. The second-order valence-electron chi connectivity index (χ2n) is 10.8.